The third-order valence-electron chi connectivity index (χ3n) is 3.48. The predicted molar refractivity (Wildman–Crippen MR) is 71.5 cm³/mol. The summed E-state index contributed by atoms with van der Waals surface area (Å²) < 4.78 is 42.6. The summed E-state index contributed by atoms with van der Waals surface area (Å²) in [7, 11) is 2.85. The molecule has 20 heavy (non-hydrogen) atoms. The molecule has 2 unspecified atom stereocenters. The van der Waals surface area contributed by atoms with Gasteiger partial charge in [-0.15, -0.1) is 0 Å². The number of methoxy groups -OCH3 is 1. The lowest BCUT2D eigenvalue weighted by atomic mass is 9.92. The van der Waals surface area contributed by atoms with Gasteiger partial charge in [0.1, 0.15) is 5.54 Å². The number of halogens is 3. The Morgan fingerprint density at radius 3 is 2.10 bits per heavy atom. The largest absolute Gasteiger partial charge is 0.468 e. The van der Waals surface area contributed by atoms with E-state index in [2.05, 4.69) is 5.32 Å². The van der Waals surface area contributed by atoms with Crippen molar-refractivity contribution in [3.05, 3.63) is 0 Å². The van der Waals surface area contributed by atoms with Crippen LogP contribution < -0.4 is 5.32 Å². The molecule has 0 bridgehead atoms. The Kier molecular flexibility index (Phi) is 6.97. The summed E-state index contributed by atoms with van der Waals surface area (Å²) in [5.41, 5.74) is -1.01. The molecule has 0 aromatic carbocycles. The second-order valence-electron chi connectivity index (χ2n) is 5.51. The maximum Gasteiger partial charge on any atom is 0.401 e. The molecule has 0 saturated heterocycles. The van der Waals surface area contributed by atoms with Gasteiger partial charge in [-0.25, -0.2) is 0 Å². The number of carbonyl (C=O) groups excluding carboxylic acids is 1. The highest BCUT2D eigenvalue weighted by Crippen LogP contribution is 2.24. The van der Waals surface area contributed by atoms with Crippen LogP contribution in [0.3, 0.4) is 0 Å². The van der Waals surface area contributed by atoms with Gasteiger partial charge in [-0.3, -0.25) is 9.69 Å². The zero-order chi connectivity index (χ0) is 16.1. The summed E-state index contributed by atoms with van der Waals surface area (Å²) in [6, 6.07) is -0.696. The summed E-state index contributed by atoms with van der Waals surface area (Å²) >= 11 is 0. The van der Waals surface area contributed by atoms with Crippen molar-refractivity contribution in [2.24, 2.45) is 0 Å². The Bertz CT molecular complexity index is 321. The van der Waals surface area contributed by atoms with E-state index in [1.165, 1.54) is 12.0 Å². The minimum Gasteiger partial charge on any atom is -0.468 e. The van der Waals surface area contributed by atoms with Crippen LogP contribution in [0.5, 0.6) is 0 Å². The average molecular weight is 298 g/mol. The second kappa shape index (κ2) is 7.26. The van der Waals surface area contributed by atoms with E-state index in [4.69, 9.17) is 4.74 Å². The zero-order valence-corrected chi connectivity index (χ0v) is 13.0. The van der Waals surface area contributed by atoms with E-state index in [1.807, 2.05) is 0 Å². The van der Waals surface area contributed by atoms with Crippen LogP contribution in [0.2, 0.25) is 0 Å². The SMILES string of the molecule is CNC(C)(CC(C)N(CC(F)(F)F)C(C)C)C(=O)OC. The van der Waals surface area contributed by atoms with E-state index in [-0.39, 0.29) is 12.5 Å². The summed E-state index contributed by atoms with van der Waals surface area (Å²) in [5, 5.41) is 2.83. The Morgan fingerprint density at radius 1 is 1.30 bits per heavy atom. The topological polar surface area (TPSA) is 41.6 Å². The zero-order valence-electron chi connectivity index (χ0n) is 13.0. The lowest BCUT2D eigenvalue weighted by Crippen LogP contribution is -2.54. The Labute approximate surface area is 118 Å². The summed E-state index contributed by atoms with van der Waals surface area (Å²) in [6.07, 6.45) is -4.04. The quantitative estimate of drug-likeness (QED) is 0.732. The first-order valence-corrected chi connectivity index (χ1v) is 6.56. The maximum atomic E-state index is 12.6. The van der Waals surface area contributed by atoms with Crippen LogP contribution in [-0.4, -0.2) is 55.4 Å². The number of esters is 1. The molecule has 0 saturated carbocycles. The first kappa shape index (κ1) is 19.2. The van der Waals surface area contributed by atoms with Crippen molar-refractivity contribution in [2.75, 3.05) is 20.7 Å². The number of carbonyl (C=O) groups is 1. The minimum absolute atomic E-state index is 0.227. The van der Waals surface area contributed by atoms with E-state index in [9.17, 15) is 18.0 Å². The molecule has 0 radical (unpaired) electrons. The van der Waals surface area contributed by atoms with Crippen molar-refractivity contribution in [3.63, 3.8) is 0 Å². The van der Waals surface area contributed by atoms with Crippen molar-refractivity contribution >= 4 is 5.97 Å². The van der Waals surface area contributed by atoms with Crippen LogP contribution in [0.1, 0.15) is 34.1 Å². The third kappa shape index (κ3) is 5.66. The highest BCUT2D eigenvalue weighted by atomic mass is 19.4. The van der Waals surface area contributed by atoms with Gasteiger partial charge < -0.3 is 10.1 Å². The molecule has 0 aliphatic heterocycles. The molecular weight excluding hydrogens is 273 g/mol. The molecule has 120 valence electrons. The monoisotopic (exact) mass is 298 g/mol. The lowest BCUT2D eigenvalue weighted by molar-refractivity contribution is -0.157. The third-order valence-corrected chi connectivity index (χ3v) is 3.48. The first-order chi connectivity index (χ1) is 8.96. The van der Waals surface area contributed by atoms with Crippen LogP contribution in [-0.2, 0) is 9.53 Å². The number of rotatable bonds is 7. The average Bonchev–Trinajstić information content (AvgIpc) is 2.33. The molecule has 0 spiro atoms. The van der Waals surface area contributed by atoms with Gasteiger partial charge in [-0.2, -0.15) is 13.2 Å². The summed E-state index contributed by atoms with van der Waals surface area (Å²) in [5.74, 6) is -0.484. The number of ether oxygens (including phenoxy) is 1. The molecule has 4 nitrogen and oxygen atoms in total. The van der Waals surface area contributed by atoms with Crippen LogP contribution >= 0.6 is 0 Å². The van der Waals surface area contributed by atoms with E-state index < -0.39 is 30.3 Å². The highest BCUT2D eigenvalue weighted by molar-refractivity contribution is 5.80. The molecule has 7 heteroatoms. The Hall–Kier alpha value is -0.820. The van der Waals surface area contributed by atoms with Crippen LogP contribution in [0.4, 0.5) is 13.2 Å². The molecule has 2 atom stereocenters. The molecule has 0 aromatic rings. The van der Waals surface area contributed by atoms with Crippen molar-refractivity contribution in [2.45, 2.75) is 57.9 Å². The van der Waals surface area contributed by atoms with Gasteiger partial charge in [-0.05, 0) is 41.2 Å². The summed E-state index contributed by atoms with van der Waals surface area (Å²) in [4.78, 5) is 13.1. The smallest absolute Gasteiger partial charge is 0.401 e. The van der Waals surface area contributed by atoms with E-state index >= 15 is 0 Å². The fourth-order valence-corrected chi connectivity index (χ4v) is 2.28. The van der Waals surface area contributed by atoms with Gasteiger partial charge in [0.15, 0.2) is 0 Å². The number of hydrogen-bond donors (Lipinski definition) is 1. The normalized spacial score (nSPS) is 17.1. The van der Waals surface area contributed by atoms with E-state index in [0.717, 1.165) is 0 Å². The standard InChI is InChI=1S/C13H25F3N2O2/c1-9(2)18(8-13(14,15)16)10(3)7-12(4,17-5)11(19)20-6/h9-10,17H,7-8H2,1-6H3. The Morgan fingerprint density at radius 2 is 1.80 bits per heavy atom. The number of alkyl halides is 3. The lowest BCUT2D eigenvalue weighted by Gasteiger charge is -2.37. The molecular formula is C13H25F3N2O2. The fourth-order valence-electron chi connectivity index (χ4n) is 2.28. The highest BCUT2D eigenvalue weighted by Gasteiger charge is 2.39. The molecule has 0 amide bonds. The van der Waals surface area contributed by atoms with Crippen LogP contribution in [0, 0.1) is 0 Å². The van der Waals surface area contributed by atoms with Crippen LogP contribution in [0.25, 0.3) is 0 Å². The van der Waals surface area contributed by atoms with Crippen molar-refractivity contribution < 1.29 is 22.7 Å². The van der Waals surface area contributed by atoms with Gasteiger partial charge in [-0.1, -0.05) is 0 Å². The van der Waals surface area contributed by atoms with Crippen molar-refractivity contribution in [1.82, 2.24) is 10.2 Å². The van der Waals surface area contributed by atoms with Crippen molar-refractivity contribution in [1.29, 1.82) is 0 Å². The van der Waals surface area contributed by atoms with Crippen molar-refractivity contribution in [3.8, 4) is 0 Å². The van der Waals surface area contributed by atoms with Gasteiger partial charge in [0, 0.05) is 12.1 Å². The second-order valence-corrected chi connectivity index (χ2v) is 5.51. The number of likely N-dealkylation sites (N-methyl/N-ethyl adjacent to an activating group) is 1. The van der Waals surface area contributed by atoms with Gasteiger partial charge >= 0.3 is 12.1 Å². The molecule has 0 aromatic heterocycles. The molecule has 0 aliphatic carbocycles. The molecule has 0 heterocycles. The Balaban J connectivity index is 5.00. The first-order valence-electron chi connectivity index (χ1n) is 6.56. The molecule has 1 N–H and O–H groups in total. The predicted octanol–water partition coefficient (Wildman–Crippen LogP) is 2.19. The van der Waals surface area contributed by atoms with E-state index in [0.29, 0.717) is 0 Å². The molecule has 0 fully saturated rings. The number of hydrogen-bond acceptors (Lipinski definition) is 4. The molecule has 0 aliphatic rings. The van der Waals surface area contributed by atoms with Gasteiger partial charge in [0.05, 0.1) is 13.7 Å². The van der Waals surface area contributed by atoms with Gasteiger partial charge in [0.2, 0.25) is 0 Å². The summed E-state index contributed by atoms with van der Waals surface area (Å²) in [6.45, 7) is 5.73. The fraction of sp³-hybridized carbons (Fsp3) is 0.923. The maximum absolute atomic E-state index is 12.6. The molecule has 0 rings (SSSR count). The van der Waals surface area contributed by atoms with Crippen LogP contribution in [0.15, 0.2) is 0 Å². The van der Waals surface area contributed by atoms with E-state index in [1.54, 1.807) is 34.7 Å². The van der Waals surface area contributed by atoms with Gasteiger partial charge in [0.25, 0.3) is 0 Å². The number of nitrogens with zero attached hydrogens (tertiary/aromatic N) is 1. The number of nitrogens with one attached hydrogen (secondary N) is 1. The minimum atomic E-state index is -4.26.